The maximum atomic E-state index is 11.3. The van der Waals surface area contributed by atoms with E-state index in [4.69, 9.17) is 0 Å². The van der Waals surface area contributed by atoms with Gasteiger partial charge in [0.2, 0.25) is 5.91 Å². The molecule has 2 N–H and O–H groups in total. The van der Waals surface area contributed by atoms with Crippen molar-refractivity contribution in [1.29, 1.82) is 0 Å². The van der Waals surface area contributed by atoms with Crippen LogP contribution in [0.4, 0.5) is 0 Å². The van der Waals surface area contributed by atoms with Crippen LogP contribution < -0.4 is 10.6 Å². The van der Waals surface area contributed by atoms with E-state index >= 15 is 0 Å². The number of halogens is 1. The normalized spacial score (nSPS) is 22.2. The summed E-state index contributed by atoms with van der Waals surface area (Å²) >= 11 is 4.92. The molecule has 1 heterocycles. The maximum Gasteiger partial charge on any atom is 0.238 e. The first kappa shape index (κ1) is 10.1. The lowest BCUT2D eigenvalue weighted by Gasteiger charge is -2.09. The van der Waals surface area contributed by atoms with Crippen LogP contribution in [0.25, 0.3) is 0 Å². The molecule has 3 nitrogen and oxygen atoms in total. The molecular weight excluding hydrogens is 240 g/mol. The van der Waals surface area contributed by atoms with Crippen molar-refractivity contribution in [3.8, 4) is 0 Å². The largest absolute Gasteiger partial charge is 0.350 e. The summed E-state index contributed by atoms with van der Waals surface area (Å²) in [5, 5.41) is 5.85. The Hall–Kier alpha value is -0.0000000000000000763. The molecule has 1 atom stereocenters. The molecule has 1 saturated heterocycles. The minimum atomic E-state index is -0.0261. The van der Waals surface area contributed by atoms with E-state index in [0.717, 1.165) is 16.1 Å². The van der Waals surface area contributed by atoms with Crippen LogP contribution in [0.15, 0.2) is 11.1 Å². The van der Waals surface area contributed by atoms with Gasteiger partial charge in [0.05, 0.1) is 6.04 Å². The van der Waals surface area contributed by atoms with Crippen molar-refractivity contribution >= 4 is 33.6 Å². The predicted octanol–water partition coefficient (Wildman–Crippen LogP) is 0.674. The van der Waals surface area contributed by atoms with E-state index in [1.54, 1.807) is 11.8 Å². The average Bonchev–Trinajstić information content (AvgIpc) is 2.51. The van der Waals surface area contributed by atoms with Crippen LogP contribution in [-0.4, -0.2) is 30.1 Å². The zero-order chi connectivity index (χ0) is 8.97. The van der Waals surface area contributed by atoms with Gasteiger partial charge in [-0.2, -0.15) is 0 Å². The number of carbonyl (C=O) groups is 1. The third kappa shape index (κ3) is 3.16. The van der Waals surface area contributed by atoms with Gasteiger partial charge < -0.3 is 5.32 Å². The van der Waals surface area contributed by atoms with Gasteiger partial charge in [0, 0.05) is 22.7 Å². The van der Waals surface area contributed by atoms with E-state index in [2.05, 4.69) is 33.1 Å². The number of thioether (sulfide) groups is 1. The number of rotatable bonds is 3. The Kier molecular flexibility index (Phi) is 4.11. The monoisotopic (exact) mass is 250 g/mol. The van der Waals surface area contributed by atoms with E-state index in [-0.39, 0.29) is 11.9 Å². The third-order valence-corrected chi connectivity index (χ3v) is 2.71. The molecule has 1 fully saturated rings. The van der Waals surface area contributed by atoms with Crippen LogP contribution in [0.5, 0.6) is 0 Å². The molecule has 0 saturated carbocycles. The van der Waals surface area contributed by atoms with Crippen molar-refractivity contribution in [3.05, 3.63) is 11.1 Å². The summed E-state index contributed by atoms with van der Waals surface area (Å²) < 4.78 is 0.793. The van der Waals surface area contributed by atoms with Crippen LogP contribution in [0.3, 0.4) is 0 Å². The van der Waals surface area contributed by atoms with Crippen LogP contribution in [0.1, 0.15) is 0 Å². The fourth-order valence-corrected chi connectivity index (χ4v) is 1.95. The van der Waals surface area contributed by atoms with E-state index in [0.29, 0.717) is 6.54 Å². The number of carbonyl (C=O) groups excluding carboxylic acids is 1. The van der Waals surface area contributed by atoms with Gasteiger partial charge in [0.15, 0.2) is 0 Å². The van der Waals surface area contributed by atoms with Crippen LogP contribution in [0, 0.1) is 0 Å². The standard InChI is InChI=1S/C7H11BrN2OS/c1-5(8)2-9-7(11)6-3-12-4-10-6/h6,10H,1-4H2,(H,9,11). The van der Waals surface area contributed by atoms with Crippen LogP contribution in [0.2, 0.25) is 0 Å². The van der Waals surface area contributed by atoms with Crippen molar-refractivity contribution in [2.75, 3.05) is 18.2 Å². The van der Waals surface area contributed by atoms with Crippen molar-refractivity contribution in [1.82, 2.24) is 10.6 Å². The van der Waals surface area contributed by atoms with E-state index < -0.39 is 0 Å². The fraction of sp³-hybridized carbons (Fsp3) is 0.571. The first-order chi connectivity index (χ1) is 5.70. The molecule has 0 spiro atoms. The zero-order valence-corrected chi connectivity index (χ0v) is 9.00. The molecule has 0 radical (unpaired) electrons. The summed E-state index contributed by atoms with van der Waals surface area (Å²) in [6.45, 7) is 4.13. The molecule has 0 aromatic carbocycles. The second-order valence-corrected chi connectivity index (χ2v) is 4.66. The van der Waals surface area contributed by atoms with E-state index in [1.165, 1.54) is 0 Å². The molecule has 12 heavy (non-hydrogen) atoms. The number of amides is 1. The van der Waals surface area contributed by atoms with Crippen LogP contribution in [-0.2, 0) is 4.79 Å². The molecule has 0 aromatic rings. The number of hydrogen-bond acceptors (Lipinski definition) is 3. The molecule has 1 aliphatic heterocycles. The quantitative estimate of drug-likeness (QED) is 0.774. The molecule has 0 aliphatic carbocycles. The number of nitrogens with one attached hydrogen (secondary N) is 2. The van der Waals surface area contributed by atoms with Crippen molar-refractivity contribution in [3.63, 3.8) is 0 Å². The molecule has 1 unspecified atom stereocenters. The summed E-state index contributed by atoms with van der Waals surface area (Å²) in [5.74, 6) is 1.79. The summed E-state index contributed by atoms with van der Waals surface area (Å²) in [5.41, 5.74) is 0. The highest BCUT2D eigenvalue weighted by atomic mass is 79.9. The predicted molar refractivity (Wildman–Crippen MR) is 55.3 cm³/mol. The zero-order valence-electron chi connectivity index (χ0n) is 6.60. The summed E-state index contributed by atoms with van der Waals surface area (Å²) in [7, 11) is 0. The topological polar surface area (TPSA) is 41.1 Å². The van der Waals surface area contributed by atoms with E-state index in [9.17, 15) is 4.79 Å². The minimum absolute atomic E-state index is 0.0261. The Morgan fingerprint density at radius 2 is 2.58 bits per heavy atom. The average molecular weight is 251 g/mol. The Bertz CT molecular complexity index is 192. The van der Waals surface area contributed by atoms with Crippen LogP contribution >= 0.6 is 27.7 Å². The SMILES string of the molecule is C=C(Br)CNC(=O)C1CSCN1. The van der Waals surface area contributed by atoms with Gasteiger partial charge in [0.25, 0.3) is 0 Å². The maximum absolute atomic E-state index is 11.3. The van der Waals surface area contributed by atoms with Gasteiger partial charge in [-0.1, -0.05) is 22.5 Å². The lowest BCUT2D eigenvalue weighted by atomic mass is 10.3. The number of hydrogen-bond donors (Lipinski definition) is 2. The highest BCUT2D eigenvalue weighted by Crippen LogP contribution is 2.09. The Labute approximate surface area is 84.5 Å². The van der Waals surface area contributed by atoms with Gasteiger partial charge in [-0.25, -0.2) is 0 Å². The molecule has 68 valence electrons. The molecule has 1 rings (SSSR count). The molecule has 0 bridgehead atoms. The van der Waals surface area contributed by atoms with Crippen molar-refractivity contribution in [2.24, 2.45) is 0 Å². The fourth-order valence-electron chi connectivity index (χ4n) is 0.870. The van der Waals surface area contributed by atoms with Crippen molar-refractivity contribution < 1.29 is 4.79 Å². The second kappa shape index (κ2) is 4.89. The highest BCUT2D eigenvalue weighted by molar-refractivity contribution is 9.11. The van der Waals surface area contributed by atoms with Gasteiger partial charge in [-0.05, 0) is 0 Å². The van der Waals surface area contributed by atoms with Gasteiger partial charge in [-0.15, -0.1) is 11.8 Å². The van der Waals surface area contributed by atoms with Gasteiger partial charge >= 0.3 is 0 Å². The lowest BCUT2D eigenvalue weighted by Crippen LogP contribution is -2.42. The minimum Gasteiger partial charge on any atom is -0.350 e. The Balaban J connectivity index is 2.23. The molecular formula is C7H11BrN2OS. The third-order valence-electron chi connectivity index (χ3n) is 1.49. The molecule has 5 heteroatoms. The molecule has 0 aromatic heterocycles. The van der Waals surface area contributed by atoms with E-state index in [1.807, 2.05) is 0 Å². The summed E-state index contributed by atoms with van der Waals surface area (Å²) in [4.78, 5) is 11.3. The molecule has 1 aliphatic rings. The smallest absolute Gasteiger partial charge is 0.238 e. The first-order valence-electron chi connectivity index (χ1n) is 3.62. The van der Waals surface area contributed by atoms with Crippen molar-refractivity contribution in [2.45, 2.75) is 6.04 Å². The van der Waals surface area contributed by atoms with Gasteiger partial charge in [-0.3, -0.25) is 10.1 Å². The van der Waals surface area contributed by atoms with Gasteiger partial charge in [0.1, 0.15) is 0 Å². The second-order valence-electron chi connectivity index (χ2n) is 2.51. The summed E-state index contributed by atoms with van der Waals surface area (Å²) in [6, 6.07) is -0.0261. The lowest BCUT2D eigenvalue weighted by molar-refractivity contribution is -0.122. The first-order valence-corrected chi connectivity index (χ1v) is 5.57. The molecule has 1 amide bonds. The highest BCUT2D eigenvalue weighted by Gasteiger charge is 2.21. The Morgan fingerprint density at radius 3 is 3.08 bits per heavy atom. The summed E-state index contributed by atoms with van der Waals surface area (Å²) in [6.07, 6.45) is 0. The Morgan fingerprint density at radius 1 is 1.83 bits per heavy atom.